The number of carbonyl (C=O) groups excluding carboxylic acids is 4. The maximum absolute atomic E-state index is 14.1. The lowest BCUT2D eigenvalue weighted by atomic mass is 10.0. The van der Waals surface area contributed by atoms with Crippen LogP contribution in [0.25, 0.3) is 17.2 Å². The van der Waals surface area contributed by atoms with Gasteiger partial charge in [0.05, 0.1) is 6.61 Å². The molecule has 260 valence electrons. The molecule has 11 heteroatoms. The van der Waals surface area contributed by atoms with Crippen LogP contribution in [0.4, 0.5) is 10.7 Å². The average Bonchev–Trinajstić information content (AvgIpc) is 3.85. The molecule has 6 aromatic rings. The van der Waals surface area contributed by atoms with Gasteiger partial charge in [0.25, 0.3) is 11.8 Å². The normalized spacial score (nSPS) is 11.7. The van der Waals surface area contributed by atoms with Gasteiger partial charge in [-0.25, -0.2) is 4.79 Å². The lowest BCUT2D eigenvalue weighted by Crippen LogP contribution is -2.30. The molecule has 3 amide bonds. The number of rotatable bonds is 13. The highest BCUT2D eigenvalue weighted by molar-refractivity contribution is 8.00. The van der Waals surface area contributed by atoms with Crippen LogP contribution in [0, 0.1) is 0 Å². The summed E-state index contributed by atoms with van der Waals surface area (Å²) in [7, 11) is 0. The topological polar surface area (TPSA) is 114 Å². The van der Waals surface area contributed by atoms with Crippen molar-refractivity contribution >= 4 is 74.9 Å². The molecule has 2 heterocycles. The number of thioether (sulfide) groups is 1. The Morgan fingerprint density at radius 1 is 0.808 bits per heavy atom. The van der Waals surface area contributed by atoms with E-state index in [1.54, 1.807) is 55.5 Å². The molecule has 8 nitrogen and oxygen atoms in total. The predicted molar refractivity (Wildman–Crippen MR) is 211 cm³/mol. The molecule has 0 fully saturated rings. The minimum absolute atomic E-state index is 0.0788. The van der Waals surface area contributed by atoms with Gasteiger partial charge in [0, 0.05) is 27.1 Å². The zero-order valence-electron chi connectivity index (χ0n) is 27.9. The zero-order valence-corrected chi connectivity index (χ0v) is 30.4. The number of hydrogen-bond donors (Lipinski definition) is 3. The van der Waals surface area contributed by atoms with Crippen molar-refractivity contribution in [2.45, 2.75) is 17.1 Å². The zero-order chi connectivity index (χ0) is 36.3. The second kappa shape index (κ2) is 17.5. The third-order valence-corrected chi connectivity index (χ3v) is 10.5. The number of carbonyl (C=O) groups is 4. The number of ether oxygens (including phenoxy) is 1. The first-order valence-corrected chi connectivity index (χ1v) is 19.0. The van der Waals surface area contributed by atoms with E-state index in [0.717, 1.165) is 16.7 Å². The predicted octanol–water partition coefficient (Wildman–Crippen LogP) is 9.53. The minimum Gasteiger partial charge on any atom is -0.462 e. The molecule has 0 saturated heterocycles. The first kappa shape index (κ1) is 36.1. The first-order valence-electron chi connectivity index (χ1n) is 16.3. The van der Waals surface area contributed by atoms with E-state index < -0.39 is 23.0 Å². The smallest absolute Gasteiger partial charge is 0.341 e. The van der Waals surface area contributed by atoms with Crippen molar-refractivity contribution in [2.75, 3.05) is 17.2 Å². The van der Waals surface area contributed by atoms with Gasteiger partial charge in [0.1, 0.15) is 21.5 Å². The highest BCUT2D eigenvalue weighted by atomic mass is 32.2. The summed E-state index contributed by atoms with van der Waals surface area (Å²) in [6.07, 6.45) is 1.62. The van der Waals surface area contributed by atoms with Gasteiger partial charge in [-0.15, -0.1) is 23.1 Å². The highest BCUT2D eigenvalue weighted by Crippen LogP contribution is 2.40. The molecular formula is C41H33N3O5S3. The van der Waals surface area contributed by atoms with Gasteiger partial charge in [-0.05, 0) is 76.8 Å². The molecule has 52 heavy (non-hydrogen) atoms. The standard InChI is InChI=1S/C41H33N3O5S3/c1-2-49-41(48)35-33(28-13-6-3-7-14-28)26-51-40(35)44-39(47)36(29-15-8-4-9-16-29)52-32-20-12-19-31(24-32)42-38(46)34(23-27-21-22-50-25-27)43-37(45)30-17-10-5-11-18-30/h3-26,36H,2H2,1H3,(H,42,46)(H,43,45)(H,44,47)/b34-23-. The molecule has 3 N–H and O–H groups in total. The third kappa shape index (κ3) is 9.12. The summed E-state index contributed by atoms with van der Waals surface area (Å²) in [4.78, 5) is 54.7. The largest absolute Gasteiger partial charge is 0.462 e. The Morgan fingerprint density at radius 2 is 1.52 bits per heavy atom. The molecule has 0 saturated carbocycles. The fraction of sp³-hybridized carbons (Fsp3) is 0.0732. The van der Waals surface area contributed by atoms with Crippen molar-refractivity contribution in [3.8, 4) is 11.1 Å². The quantitative estimate of drug-likeness (QED) is 0.0617. The van der Waals surface area contributed by atoms with Gasteiger partial charge in [-0.3, -0.25) is 14.4 Å². The number of benzene rings is 4. The molecule has 0 bridgehead atoms. The van der Waals surface area contributed by atoms with Crippen molar-refractivity contribution in [3.05, 3.63) is 165 Å². The minimum atomic E-state index is -0.719. The molecule has 0 aliphatic carbocycles. The maximum Gasteiger partial charge on any atom is 0.341 e. The maximum atomic E-state index is 14.1. The Hall–Kier alpha value is -5.75. The summed E-state index contributed by atoms with van der Waals surface area (Å²) in [5, 5.41) is 14.0. The molecule has 0 radical (unpaired) electrons. The van der Waals surface area contributed by atoms with E-state index in [-0.39, 0.29) is 18.2 Å². The second-order valence-electron chi connectivity index (χ2n) is 11.3. The number of esters is 1. The molecule has 0 aliphatic heterocycles. The van der Waals surface area contributed by atoms with Crippen LogP contribution in [0.15, 0.2) is 148 Å². The van der Waals surface area contributed by atoms with Crippen LogP contribution in [0.3, 0.4) is 0 Å². The van der Waals surface area contributed by atoms with Crippen LogP contribution in [0.5, 0.6) is 0 Å². The van der Waals surface area contributed by atoms with Gasteiger partial charge >= 0.3 is 5.97 Å². The molecule has 0 aliphatic rings. The van der Waals surface area contributed by atoms with E-state index >= 15 is 0 Å². The number of thiophene rings is 2. The second-order valence-corrected chi connectivity index (χ2v) is 14.1. The fourth-order valence-corrected chi connectivity index (χ4v) is 7.87. The number of amides is 3. The number of hydrogen-bond acceptors (Lipinski definition) is 8. The summed E-state index contributed by atoms with van der Waals surface area (Å²) in [6, 6.07) is 36.5. The van der Waals surface area contributed by atoms with Gasteiger partial charge in [-0.1, -0.05) is 84.9 Å². The summed E-state index contributed by atoms with van der Waals surface area (Å²) >= 11 is 4.04. The van der Waals surface area contributed by atoms with E-state index in [1.165, 1.54) is 34.4 Å². The van der Waals surface area contributed by atoms with Gasteiger partial charge < -0.3 is 20.7 Å². The molecule has 0 spiro atoms. The molecular weight excluding hydrogens is 711 g/mol. The van der Waals surface area contributed by atoms with Crippen LogP contribution in [-0.2, 0) is 14.3 Å². The van der Waals surface area contributed by atoms with Gasteiger partial charge in [-0.2, -0.15) is 11.3 Å². The molecule has 4 aromatic carbocycles. The SMILES string of the molecule is CCOC(=O)c1c(-c2ccccc2)csc1NC(=O)C(Sc1cccc(NC(=O)/C(=C/c2ccsc2)NC(=O)c2ccccc2)c1)c1ccccc1. The molecule has 1 atom stereocenters. The Labute approximate surface area is 313 Å². The highest BCUT2D eigenvalue weighted by Gasteiger charge is 2.27. The van der Waals surface area contributed by atoms with E-state index in [0.29, 0.717) is 32.3 Å². The average molecular weight is 744 g/mol. The lowest BCUT2D eigenvalue weighted by Gasteiger charge is -2.18. The van der Waals surface area contributed by atoms with Crippen LogP contribution in [-0.4, -0.2) is 30.3 Å². The van der Waals surface area contributed by atoms with Gasteiger partial charge in [0.2, 0.25) is 5.91 Å². The Kier molecular flexibility index (Phi) is 12.1. The lowest BCUT2D eigenvalue weighted by molar-refractivity contribution is -0.116. The molecule has 2 aromatic heterocycles. The van der Waals surface area contributed by atoms with Crippen molar-refractivity contribution in [3.63, 3.8) is 0 Å². The summed E-state index contributed by atoms with van der Waals surface area (Å²) in [5.74, 6) is -1.76. The third-order valence-electron chi connectivity index (χ3n) is 7.66. The van der Waals surface area contributed by atoms with Crippen molar-refractivity contribution in [2.24, 2.45) is 0 Å². The van der Waals surface area contributed by atoms with Crippen molar-refractivity contribution in [1.82, 2.24) is 5.32 Å². The summed E-state index contributed by atoms with van der Waals surface area (Å²) in [6.45, 7) is 1.93. The van der Waals surface area contributed by atoms with E-state index in [4.69, 9.17) is 4.74 Å². The van der Waals surface area contributed by atoms with Crippen LogP contribution < -0.4 is 16.0 Å². The Balaban J connectivity index is 1.24. The van der Waals surface area contributed by atoms with E-state index in [1.807, 2.05) is 95.0 Å². The number of anilines is 2. The Bertz CT molecular complexity index is 2190. The van der Waals surface area contributed by atoms with E-state index in [2.05, 4.69) is 16.0 Å². The Morgan fingerprint density at radius 3 is 2.21 bits per heavy atom. The summed E-state index contributed by atoms with van der Waals surface area (Å²) in [5.41, 5.74) is 4.32. The molecule has 6 rings (SSSR count). The first-order chi connectivity index (χ1) is 25.4. The van der Waals surface area contributed by atoms with Crippen molar-refractivity contribution in [1.29, 1.82) is 0 Å². The van der Waals surface area contributed by atoms with Crippen LogP contribution in [0.2, 0.25) is 0 Å². The van der Waals surface area contributed by atoms with Crippen LogP contribution >= 0.6 is 34.4 Å². The fourth-order valence-electron chi connectivity index (χ4n) is 5.21. The molecule has 1 unspecified atom stereocenters. The van der Waals surface area contributed by atoms with Gasteiger partial charge in [0.15, 0.2) is 0 Å². The van der Waals surface area contributed by atoms with Crippen LogP contribution in [0.1, 0.15) is 44.0 Å². The number of nitrogens with one attached hydrogen (secondary N) is 3. The van der Waals surface area contributed by atoms with Crippen molar-refractivity contribution < 1.29 is 23.9 Å². The monoisotopic (exact) mass is 743 g/mol. The summed E-state index contributed by atoms with van der Waals surface area (Å²) < 4.78 is 5.40. The van der Waals surface area contributed by atoms with E-state index in [9.17, 15) is 19.2 Å².